The molecule has 120 valence electrons. The molecule has 5 nitrogen and oxygen atoms in total. The molecule has 1 heterocycles. The molecule has 3 rings (SSSR count). The number of anilines is 2. The molecule has 2 N–H and O–H groups in total. The Morgan fingerprint density at radius 2 is 1.67 bits per heavy atom. The zero-order valence-corrected chi connectivity index (χ0v) is 13.0. The van der Waals surface area contributed by atoms with E-state index in [0.717, 1.165) is 5.69 Å². The van der Waals surface area contributed by atoms with Gasteiger partial charge in [-0.15, -0.1) is 0 Å². The number of phenols is 1. The van der Waals surface area contributed by atoms with E-state index in [1.807, 2.05) is 48.5 Å². The number of nitrogens with one attached hydrogen (secondary N) is 1. The summed E-state index contributed by atoms with van der Waals surface area (Å²) in [6, 6.07) is 21.1. The molecule has 0 saturated carbocycles. The van der Waals surface area contributed by atoms with Crippen LogP contribution < -0.4 is 10.2 Å². The molecule has 0 radical (unpaired) electrons. The van der Waals surface area contributed by atoms with Crippen molar-refractivity contribution in [1.29, 1.82) is 0 Å². The molecule has 0 atom stereocenters. The molecule has 2 aromatic carbocycles. The Morgan fingerprint density at radius 1 is 0.958 bits per heavy atom. The van der Waals surface area contributed by atoms with Crippen LogP contribution in [0.5, 0.6) is 5.75 Å². The number of para-hydroxylation sites is 3. The lowest BCUT2D eigenvalue weighted by atomic mass is 10.2. The van der Waals surface area contributed by atoms with Crippen molar-refractivity contribution in [2.75, 3.05) is 10.2 Å². The molecule has 0 aliphatic rings. The molecule has 3 aromatic rings. The van der Waals surface area contributed by atoms with Gasteiger partial charge in [-0.05, 0) is 36.4 Å². The van der Waals surface area contributed by atoms with E-state index >= 15 is 0 Å². The van der Waals surface area contributed by atoms with Crippen LogP contribution in [-0.4, -0.2) is 16.1 Å². The first-order chi connectivity index (χ1) is 11.7. The molecule has 5 heteroatoms. The summed E-state index contributed by atoms with van der Waals surface area (Å²) in [5, 5.41) is 13.0. The van der Waals surface area contributed by atoms with Crippen LogP contribution in [0.4, 0.5) is 16.2 Å². The Kier molecular flexibility index (Phi) is 4.72. The quantitative estimate of drug-likeness (QED) is 0.763. The number of rotatable bonds is 4. The molecule has 0 aliphatic carbocycles. The fourth-order valence-electron chi connectivity index (χ4n) is 2.32. The monoisotopic (exact) mass is 319 g/mol. The molecule has 0 spiro atoms. The minimum atomic E-state index is -0.339. The van der Waals surface area contributed by atoms with Crippen LogP contribution in [-0.2, 0) is 6.54 Å². The van der Waals surface area contributed by atoms with E-state index in [-0.39, 0.29) is 18.3 Å². The van der Waals surface area contributed by atoms with Gasteiger partial charge in [0.25, 0.3) is 0 Å². The minimum Gasteiger partial charge on any atom is -0.506 e. The van der Waals surface area contributed by atoms with Crippen molar-refractivity contribution in [3.8, 4) is 5.75 Å². The van der Waals surface area contributed by atoms with Gasteiger partial charge in [0.15, 0.2) is 0 Å². The molecular formula is C19H17N3O2. The van der Waals surface area contributed by atoms with Gasteiger partial charge in [-0.25, -0.2) is 4.79 Å². The van der Waals surface area contributed by atoms with Crippen molar-refractivity contribution in [1.82, 2.24) is 4.98 Å². The molecule has 24 heavy (non-hydrogen) atoms. The molecule has 0 fully saturated rings. The smallest absolute Gasteiger partial charge is 0.326 e. The third kappa shape index (κ3) is 3.70. The zero-order valence-electron chi connectivity index (χ0n) is 13.0. The van der Waals surface area contributed by atoms with Crippen molar-refractivity contribution in [2.45, 2.75) is 6.54 Å². The highest BCUT2D eigenvalue weighted by Crippen LogP contribution is 2.28. The summed E-state index contributed by atoms with van der Waals surface area (Å²) in [5.41, 5.74) is 1.84. The van der Waals surface area contributed by atoms with Gasteiger partial charge < -0.3 is 10.4 Å². The second-order valence-corrected chi connectivity index (χ2v) is 5.19. The third-order valence-corrected chi connectivity index (χ3v) is 3.49. The number of carbonyl (C=O) groups excluding carboxylic acids is 1. The Labute approximate surface area is 140 Å². The number of amides is 2. The van der Waals surface area contributed by atoms with Gasteiger partial charge in [-0.3, -0.25) is 9.88 Å². The van der Waals surface area contributed by atoms with E-state index in [1.54, 1.807) is 30.5 Å². The number of urea groups is 1. The molecule has 2 amide bonds. The first kappa shape index (κ1) is 15.6. The number of pyridine rings is 1. The highest BCUT2D eigenvalue weighted by molar-refractivity contribution is 6.02. The van der Waals surface area contributed by atoms with Gasteiger partial charge in [0.1, 0.15) is 5.75 Å². The van der Waals surface area contributed by atoms with E-state index in [1.165, 1.54) is 4.90 Å². The van der Waals surface area contributed by atoms with Crippen LogP contribution in [0.3, 0.4) is 0 Å². The lowest BCUT2D eigenvalue weighted by Crippen LogP contribution is -2.34. The Hall–Kier alpha value is -3.34. The van der Waals surface area contributed by atoms with Crippen molar-refractivity contribution < 1.29 is 9.90 Å². The van der Waals surface area contributed by atoms with Crippen LogP contribution in [0.25, 0.3) is 0 Å². The van der Waals surface area contributed by atoms with Gasteiger partial charge in [0.2, 0.25) is 0 Å². The van der Waals surface area contributed by atoms with E-state index < -0.39 is 0 Å². The number of carbonyl (C=O) groups is 1. The van der Waals surface area contributed by atoms with Gasteiger partial charge in [-0.1, -0.05) is 36.4 Å². The normalized spacial score (nSPS) is 10.2. The first-order valence-electron chi connectivity index (χ1n) is 7.55. The van der Waals surface area contributed by atoms with Gasteiger partial charge in [-0.2, -0.15) is 0 Å². The maximum absolute atomic E-state index is 12.7. The highest BCUT2D eigenvalue weighted by Gasteiger charge is 2.19. The summed E-state index contributed by atoms with van der Waals surface area (Å²) >= 11 is 0. The molecule has 0 aliphatic heterocycles. The molecule has 0 unspecified atom stereocenters. The minimum absolute atomic E-state index is 0.0386. The van der Waals surface area contributed by atoms with E-state index in [4.69, 9.17) is 0 Å². The fourth-order valence-corrected chi connectivity index (χ4v) is 2.32. The number of aromatic hydroxyl groups is 1. The van der Waals surface area contributed by atoms with Crippen LogP contribution >= 0.6 is 0 Å². The number of nitrogens with zero attached hydrogens (tertiary/aromatic N) is 2. The summed E-state index contributed by atoms with van der Waals surface area (Å²) in [6.07, 6.45) is 1.67. The largest absolute Gasteiger partial charge is 0.506 e. The summed E-state index contributed by atoms with van der Waals surface area (Å²) in [5.74, 6) is 0.0386. The van der Waals surface area contributed by atoms with Crippen molar-refractivity contribution in [2.24, 2.45) is 0 Å². The third-order valence-electron chi connectivity index (χ3n) is 3.49. The number of aromatic nitrogens is 1. The maximum atomic E-state index is 12.7. The van der Waals surface area contributed by atoms with Crippen LogP contribution in [0.2, 0.25) is 0 Å². The number of hydrogen-bond acceptors (Lipinski definition) is 3. The zero-order chi connectivity index (χ0) is 16.8. The van der Waals surface area contributed by atoms with Crippen molar-refractivity contribution in [3.63, 3.8) is 0 Å². The maximum Gasteiger partial charge on any atom is 0.326 e. The molecular weight excluding hydrogens is 302 g/mol. The summed E-state index contributed by atoms with van der Waals surface area (Å²) in [4.78, 5) is 18.5. The van der Waals surface area contributed by atoms with E-state index in [0.29, 0.717) is 11.4 Å². The van der Waals surface area contributed by atoms with E-state index in [9.17, 15) is 9.90 Å². The van der Waals surface area contributed by atoms with Crippen LogP contribution in [0, 0.1) is 0 Å². The molecule has 0 bridgehead atoms. The van der Waals surface area contributed by atoms with Crippen molar-refractivity contribution >= 4 is 17.4 Å². The SMILES string of the molecule is O=C(Nc1ccccc1)N(Cc1ccccn1)c1ccccc1O. The van der Waals surface area contributed by atoms with Crippen LogP contribution in [0.15, 0.2) is 79.0 Å². The standard InChI is InChI=1S/C19H17N3O2/c23-18-12-5-4-11-17(18)22(14-16-10-6-7-13-20-16)19(24)21-15-8-2-1-3-9-15/h1-13,23H,14H2,(H,21,24). The summed E-state index contributed by atoms with van der Waals surface area (Å²) < 4.78 is 0. The fraction of sp³-hybridized carbons (Fsp3) is 0.0526. The second kappa shape index (κ2) is 7.28. The summed E-state index contributed by atoms with van der Waals surface area (Å²) in [6.45, 7) is 0.247. The van der Waals surface area contributed by atoms with Gasteiger partial charge in [0.05, 0.1) is 17.9 Å². The average molecular weight is 319 g/mol. The predicted octanol–water partition coefficient (Wildman–Crippen LogP) is 4.03. The van der Waals surface area contributed by atoms with Crippen LogP contribution in [0.1, 0.15) is 5.69 Å². The van der Waals surface area contributed by atoms with Crippen molar-refractivity contribution in [3.05, 3.63) is 84.7 Å². The van der Waals surface area contributed by atoms with Gasteiger partial charge >= 0.3 is 6.03 Å². The number of benzene rings is 2. The molecule has 1 aromatic heterocycles. The van der Waals surface area contributed by atoms with Gasteiger partial charge in [0, 0.05) is 11.9 Å². The Morgan fingerprint density at radius 3 is 2.38 bits per heavy atom. The second-order valence-electron chi connectivity index (χ2n) is 5.19. The summed E-state index contributed by atoms with van der Waals surface area (Å²) in [7, 11) is 0. The highest BCUT2D eigenvalue weighted by atomic mass is 16.3. The Balaban J connectivity index is 1.89. The topological polar surface area (TPSA) is 65.5 Å². The average Bonchev–Trinajstić information content (AvgIpc) is 2.62. The first-order valence-corrected chi connectivity index (χ1v) is 7.55. The molecule has 0 saturated heterocycles. The van der Waals surface area contributed by atoms with E-state index in [2.05, 4.69) is 10.3 Å². The Bertz CT molecular complexity index is 807. The number of hydrogen-bond donors (Lipinski definition) is 2. The lowest BCUT2D eigenvalue weighted by molar-refractivity contribution is 0.256. The lowest BCUT2D eigenvalue weighted by Gasteiger charge is -2.23. The number of phenolic OH excluding ortho intramolecular Hbond substituents is 1. The predicted molar refractivity (Wildman–Crippen MR) is 94.0 cm³/mol.